The van der Waals surface area contributed by atoms with Crippen LogP contribution < -0.4 is 0 Å². The maximum absolute atomic E-state index is 5.95. The number of para-hydroxylation sites is 1. The van der Waals surface area contributed by atoms with Crippen LogP contribution >= 0.6 is 24.0 Å². The molecule has 2 nitrogen and oxygen atoms in total. The van der Waals surface area contributed by atoms with Crippen molar-refractivity contribution in [1.82, 2.24) is 4.57 Å². The van der Waals surface area contributed by atoms with Crippen molar-refractivity contribution < 1.29 is 0 Å². The summed E-state index contributed by atoms with van der Waals surface area (Å²) < 4.78 is 2.15. The number of hydrogen-bond donors (Lipinski definition) is 0. The van der Waals surface area contributed by atoms with E-state index in [4.69, 9.17) is 11.6 Å². The van der Waals surface area contributed by atoms with E-state index in [2.05, 4.69) is 46.9 Å². The van der Waals surface area contributed by atoms with Gasteiger partial charge in [-0.25, -0.2) is 0 Å². The molecule has 0 aliphatic carbocycles. The molecule has 0 N–H and O–H groups in total. The van der Waals surface area contributed by atoms with E-state index in [0.29, 0.717) is 6.54 Å². The van der Waals surface area contributed by atoms with E-state index in [1.807, 2.05) is 42.6 Å². The third-order valence-corrected chi connectivity index (χ3v) is 3.82. The maximum atomic E-state index is 5.95. The van der Waals surface area contributed by atoms with Gasteiger partial charge in [0.05, 0.1) is 12.2 Å². The summed E-state index contributed by atoms with van der Waals surface area (Å²) >= 11 is 5.95. The summed E-state index contributed by atoms with van der Waals surface area (Å²) in [5.74, 6) is 0. The second kappa shape index (κ2) is 8.00. The standard InChI is InChI=1S/C19H17ClN2.ClH/c1-22-18(13-16-8-2-3-10-19(16)22)14-21-11-5-7-15-6-4-9-17(20)12-15;/h2-10,12-14H,11H2,1H3;1H/b7-5+,21-14?;. The van der Waals surface area contributed by atoms with Gasteiger partial charge in [0.15, 0.2) is 0 Å². The van der Waals surface area contributed by atoms with E-state index >= 15 is 0 Å². The van der Waals surface area contributed by atoms with Crippen molar-refractivity contribution in [3.63, 3.8) is 0 Å². The van der Waals surface area contributed by atoms with E-state index < -0.39 is 0 Å². The third kappa shape index (κ3) is 4.25. The van der Waals surface area contributed by atoms with Gasteiger partial charge in [0.25, 0.3) is 0 Å². The lowest BCUT2D eigenvalue weighted by molar-refractivity contribution is 0.957. The summed E-state index contributed by atoms with van der Waals surface area (Å²) in [4.78, 5) is 4.47. The zero-order valence-electron chi connectivity index (χ0n) is 12.8. The molecule has 1 aromatic heterocycles. The number of rotatable bonds is 4. The molecular formula is C19H18Cl2N2. The molecule has 0 fully saturated rings. The van der Waals surface area contributed by atoms with Crippen molar-refractivity contribution in [3.05, 3.63) is 77.0 Å². The second-order valence-corrected chi connectivity index (χ2v) is 5.58. The lowest BCUT2D eigenvalue weighted by atomic mass is 10.2. The lowest BCUT2D eigenvalue weighted by Gasteiger charge is -1.98. The van der Waals surface area contributed by atoms with Crippen molar-refractivity contribution in [1.29, 1.82) is 0 Å². The Morgan fingerprint density at radius 3 is 2.70 bits per heavy atom. The van der Waals surface area contributed by atoms with Crippen LogP contribution in [0.2, 0.25) is 5.02 Å². The van der Waals surface area contributed by atoms with Gasteiger partial charge in [-0.05, 0) is 29.8 Å². The van der Waals surface area contributed by atoms with Crippen molar-refractivity contribution in [2.45, 2.75) is 0 Å². The van der Waals surface area contributed by atoms with Gasteiger partial charge in [0, 0.05) is 29.2 Å². The first-order valence-electron chi connectivity index (χ1n) is 7.20. The van der Waals surface area contributed by atoms with Crippen LogP contribution in [0.1, 0.15) is 11.3 Å². The van der Waals surface area contributed by atoms with E-state index in [1.165, 1.54) is 10.9 Å². The molecule has 0 spiro atoms. The SMILES string of the molecule is Cl.Cn1c(C=NC/C=C/c2cccc(Cl)c2)cc2ccccc21. The Labute approximate surface area is 147 Å². The number of nitrogens with zero attached hydrogens (tertiary/aromatic N) is 2. The average molecular weight is 345 g/mol. The minimum absolute atomic E-state index is 0. The van der Waals surface area contributed by atoms with Crippen molar-refractivity contribution in [2.75, 3.05) is 6.54 Å². The molecule has 0 amide bonds. The minimum Gasteiger partial charge on any atom is -0.343 e. The Bertz CT molecular complexity index is 847. The van der Waals surface area contributed by atoms with Crippen molar-refractivity contribution in [3.8, 4) is 0 Å². The molecule has 0 aliphatic rings. The van der Waals surface area contributed by atoms with Gasteiger partial charge in [-0.15, -0.1) is 12.4 Å². The fourth-order valence-electron chi connectivity index (χ4n) is 2.44. The van der Waals surface area contributed by atoms with Crippen molar-refractivity contribution >= 4 is 47.2 Å². The Hall–Kier alpha value is -2.03. The van der Waals surface area contributed by atoms with E-state index in [-0.39, 0.29) is 12.4 Å². The summed E-state index contributed by atoms with van der Waals surface area (Å²) in [6.45, 7) is 0.647. The van der Waals surface area contributed by atoms with Gasteiger partial charge >= 0.3 is 0 Å². The van der Waals surface area contributed by atoms with Crippen LogP contribution in [-0.4, -0.2) is 17.3 Å². The maximum Gasteiger partial charge on any atom is 0.0596 e. The Morgan fingerprint density at radius 2 is 1.91 bits per heavy atom. The molecule has 118 valence electrons. The van der Waals surface area contributed by atoms with E-state index in [9.17, 15) is 0 Å². The summed E-state index contributed by atoms with van der Waals surface area (Å²) in [7, 11) is 2.06. The van der Waals surface area contributed by atoms with Crippen molar-refractivity contribution in [2.24, 2.45) is 12.0 Å². The van der Waals surface area contributed by atoms with Gasteiger partial charge in [-0.3, -0.25) is 4.99 Å². The summed E-state index contributed by atoms with van der Waals surface area (Å²) in [6, 6.07) is 18.3. The smallest absolute Gasteiger partial charge is 0.0596 e. The first-order valence-corrected chi connectivity index (χ1v) is 7.58. The van der Waals surface area contributed by atoms with Gasteiger partial charge in [0.1, 0.15) is 0 Å². The van der Waals surface area contributed by atoms with Crippen LogP contribution in [-0.2, 0) is 7.05 Å². The Kier molecular flexibility index (Phi) is 6.03. The highest BCUT2D eigenvalue weighted by Gasteiger charge is 2.01. The molecule has 0 saturated carbocycles. The molecule has 2 aromatic carbocycles. The summed E-state index contributed by atoms with van der Waals surface area (Å²) in [5, 5.41) is 1.99. The zero-order valence-corrected chi connectivity index (χ0v) is 14.4. The number of aromatic nitrogens is 1. The first kappa shape index (κ1) is 17.3. The molecule has 0 radical (unpaired) electrons. The second-order valence-electron chi connectivity index (χ2n) is 5.14. The fourth-order valence-corrected chi connectivity index (χ4v) is 2.64. The number of fused-ring (bicyclic) bond motifs is 1. The Balaban J connectivity index is 0.00000192. The highest BCUT2D eigenvalue weighted by atomic mass is 35.5. The monoisotopic (exact) mass is 344 g/mol. The van der Waals surface area contributed by atoms with Crippen LogP contribution in [0.25, 0.3) is 17.0 Å². The highest BCUT2D eigenvalue weighted by Crippen LogP contribution is 2.17. The van der Waals surface area contributed by atoms with E-state index in [0.717, 1.165) is 16.3 Å². The Morgan fingerprint density at radius 1 is 1.09 bits per heavy atom. The number of aryl methyl sites for hydroxylation is 1. The van der Waals surface area contributed by atoms with Gasteiger partial charge in [0.2, 0.25) is 0 Å². The van der Waals surface area contributed by atoms with Crippen LogP contribution in [0, 0.1) is 0 Å². The summed E-state index contributed by atoms with van der Waals surface area (Å²) in [6.07, 6.45) is 5.98. The number of halogens is 2. The highest BCUT2D eigenvalue weighted by molar-refractivity contribution is 6.30. The molecule has 23 heavy (non-hydrogen) atoms. The first-order chi connectivity index (χ1) is 10.7. The third-order valence-electron chi connectivity index (χ3n) is 3.58. The molecule has 0 aliphatic heterocycles. The van der Waals surface area contributed by atoms with Gasteiger partial charge in [-0.2, -0.15) is 0 Å². The number of aliphatic imine (C=N–C) groups is 1. The average Bonchev–Trinajstić information content (AvgIpc) is 2.84. The summed E-state index contributed by atoms with van der Waals surface area (Å²) in [5.41, 5.74) is 3.42. The molecule has 3 rings (SSSR count). The number of hydrogen-bond acceptors (Lipinski definition) is 1. The molecule has 4 heteroatoms. The largest absolute Gasteiger partial charge is 0.343 e. The fraction of sp³-hybridized carbons (Fsp3) is 0.105. The molecule has 0 bridgehead atoms. The molecule has 1 heterocycles. The lowest BCUT2D eigenvalue weighted by Crippen LogP contribution is -1.94. The normalized spacial score (nSPS) is 11.4. The van der Waals surface area contributed by atoms with E-state index in [1.54, 1.807) is 0 Å². The molecule has 0 saturated heterocycles. The zero-order chi connectivity index (χ0) is 15.4. The quantitative estimate of drug-likeness (QED) is 0.565. The topological polar surface area (TPSA) is 17.3 Å². The molecule has 0 atom stereocenters. The minimum atomic E-state index is 0. The predicted molar refractivity (Wildman–Crippen MR) is 103 cm³/mol. The van der Waals surface area contributed by atoms with Crippen LogP contribution in [0.4, 0.5) is 0 Å². The number of benzene rings is 2. The van der Waals surface area contributed by atoms with Crippen LogP contribution in [0.5, 0.6) is 0 Å². The molecule has 0 unspecified atom stereocenters. The van der Waals surface area contributed by atoms with Crippen LogP contribution in [0.3, 0.4) is 0 Å². The van der Waals surface area contributed by atoms with Gasteiger partial charge < -0.3 is 4.57 Å². The predicted octanol–water partition coefficient (Wildman–Crippen LogP) is 5.39. The molecular weight excluding hydrogens is 327 g/mol. The van der Waals surface area contributed by atoms with Crippen LogP contribution in [0.15, 0.2) is 65.7 Å². The molecule has 3 aromatic rings. The van der Waals surface area contributed by atoms with Gasteiger partial charge in [-0.1, -0.05) is 54.1 Å².